The van der Waals surface area contributed by atoms with Crippen LogP contribution in [0.25, 0.3) is 0 Å². The molecule has 2 atom stereocenters. The summed E-state index contributed by atoms with van der Waals surface area (Å²) in [6, 6.07) is -0.0762. The Morgan fingerprint density at radius 1 is 1.22 bits per heavy atom. The zero-order valence-corrected chi connectivity index (χ0v) is 11.7. The van der Waals surface area contributed by atoms with Gasteiger partial charge in [0.1, 0.15) is 0 Å². The Balaban J connectivity index is 3.91. The van der Waals surface area contributed by atoms with Crippen LogP contribution in [0.4, 0.5) is 4.79 Å². The fourth-order valence-electron chi connectivity index (χ4n) is 1.36. The first-order valence-corrected chi connectivity index (χ1v) is 6.29. The maximum atomic E-state index is 11.5. The Hall–Kier alpha value is -1.30. The van der Waals surface area contributed by atoms with Crippen LogP contribution in [-0.4, -0.2) is 55.2 Å². The molecular weight excluding hydrogens is 234 g/mol. The summed E-state index contributed by atoms with van der Waals surface area (Å²) in [7, 11) is 3.87. The van der Waals surface area contributed by atoms with E-state index in [-0.39, 0.29) is 18.6 Å². The molecule has 0 aliphatic rings. The van der Waals surface area contributed by atoms with Crippen molar-refractivity contribution in [3.63, 3.8) is 0 Å². The number of aliphatic carboxylic acids is 1. The Morgan fingerprint density at radius 2 is 1.78 bits per heavy atom. The molecule has 0 rings (SSSR count). The molecule has 2 amide bonds. The highest BCUT2D eigenvalue weighted by molar-refractivity contribution is 5.75. The van der Waals surface area contributed by atoms with Gasteiger partial charge in [-0.2, -0.15) is 0 Å². The molecule has 0 aliphatic heterocycles. The van der Waals surface area contributed by atoms with Crippen LogP contribution in [0.2, 0.25) is 0 Å². The highest BCUT2D eigenvalue weighted by atomic mass is 16.4. The van der Waals surface area contributed by atoms with Gasteiger partial charge in [0.2, 0.25) is 0 Å². The normalized spacial score (nSPS) is 14.1. The van der Waals surface area contributed by atoms with Gasteiger partial charge in [0.25, 0.3) is 0 Å². The average Bonchev–Trinajstić information content (AvgIpc) is 2.30. The first kappa shape index (κ1) is 16.7. The van der Waals surface area contributed by atoms with Crippen LogP contribution >= 0.6 is 0 Å². The molecular formula is C12H25N3O3. The summed E-state index contributed by atoms with van der Waals surface area (Å²) in [5.74, 6) is -1.37. The van der Waals surface area contributed by atoms with Crippen molar-refractivity contribution in [2.24, 2.45) is 5.92 Å². The van der Waals surface area contributed by atoms with Gasteiger partial charge in [-0.3, -0.25) is 4.79 Å². The van der Waals surface area contributed by atoms with Crippen molar-refractivity contribution >= 4 is 12.0 Å². The van der Waals surface area contributed by atoms with Crippen LogP contribution in [0.1, 0.15) is 26.7 Å². The first-order chi connectivity index (χ1) is 8.38. The van der Waals surface area contributed by atoms with E-state index in [1.165, 1.54) is 0 Å². The predicted molar refractivity (Wildman–Crippen MR) is 70.6 cm³/mol. The molecule has 2 unspecified atom stereocenters. The summed E-state index contributed by atoms with van der Waals surface area (Å²) in [5, 5.41) is 14.2. The minimum Gasteiger partial charge on any atom is -0.481 e. The number of amides is 2. The monoisotopic (exact) mass is 259 g/mol. The highest BCUT2D eigenvalue weighted by Crippen LogP contribution is 2.04. The Kier molecular flexibility index (Phi) is 8.11. The van der Waals surface area contributed by atoms with E-state index < -0.39 is 11.9 Å². The van der Waals surface area contributed by atoms with E-state index in [4.69, 9.17) is 5.11 Å². The van der Waals surface area contributed by atoms with Crippen molar-refractivity contribution in [1.29, 1.82) is 0 Å². The number of rotatable bonds is 8. The molecule has 0 aromatic heterocycles. The number of carboxylic acid groups (broad SMARTS) is 1. The zero-order chi connectivity index (χ0) is 14.1. The average molecular weight is 259 g/mol. The van der Waals surface area contributed by atoms with Crippen molar-refractivity contribution in [2.45, 2.75) is 32.7 Å². The Bertz CT molecular complexity index is 269. The molecule has 0 radical (unpaired) electrons. The molecule has 0 aromatic rings. The van der Waals surface area contributed by atoms with Crippen LogP contribution in [0.15, 0.2) is 0 Å². The maximum Gasteiger partial charge on any atom is 0.314 e. The van der Waals surface area contributed by atoms with Crippen molar-refractivity contribution in [3.05, 3.63) is 0 Å². The molecule has 0 aromatic carbocycles. The van der Waals surface area contributed by atoms with E-state index in [0.717, 1.165) is 6.42 Å². The molecule has 0 spiro atoms. The Labute approximate surface area is 109 Å². The molecule has 0 fully saturated rings. The third-order valence-electron chi connectivity index (χ3n) is 2.93. The number of hydrogen-bond donors (Lipinski definition) is 3. The van der Waals surface area contributed by atoms with E-state index in [1.54, 1.807) is 0 Å². The third-order valence-corrected chi connectivity index (χ3v) is 2.93. The number of carbonyl (C=O) groups is 2. The van der Waals surface area contributed by atoms with Crippen molar-refractivity contribution < 1.29 is 14.7 Å². The van der Waals surface area contributed by atoms with E-state index >= 15 is 0 Å². The minimum absolute atomic E-state index is 0.172. The van der Waals surface area contributed by atoms with Gasteiger partial charge in [-0.05, 0) is 27.4 Å². The molecule has 6 nitrogen and oxygen atoms in total. The van der Waals surface area contributed by atoms with E-state index in [1.807, 2.05) is 32.8 Å². The van der Waals surface area contributed by atoms with Crippen molar-refractivity contribution in [2.75, 3.05) is 27.2 Å². The fourth-order valence-corrected chi connectivity index (χ4v) is 1.36. The zero-order valence-electron chi connectivity index (χ0n) is 11.7. The van der Waals surface area contributed by atoms with Gasteiger partial charge < -0.3 is 20.6 Å². The smallest absolute Gasteiger partial charge is 0.314 e. The second-order valence-corrected chi connectivity index (χ2v) is 4.73. The second kappa shape index (κ2) is 8.74. The number of urea groups is 1. The number of carboxylic acids is 1. The molecule has 0 heterocycles. The summed E-state index contributed by atoms with van der Waals surface area (Å²) in [4.78, 5) is 24.3. The van der Waals surface area contributed by atoms with Crippen LogP contribution in [-0.2, 0) is 4.79 Å². The largest absolute Gasteiger partial charge is 0.481 e. The number of nitrogens with one attached hydrogen (secondary N) is 2. The van der Waals surface area contributed by atoms with Gasteiger partial charge >= 0.3 is 12.0 Å². The summed E-state index contributed by atoms with van der Waals surface area (Å²) in [6.07, 6.45) is 1.36. The van der Waals surface area contributed by atoms with Crippen molar-refractivity contribution in [1.82, 2.24) is 15.5 Å². The van der Waals surface area contributed by atoms with Crippen LogP contribution < -0.4 is 10.6 Å². The molecule has 106 valence electrons. The minimum atomic E-state index is -0.862. The highest BCUT2D eigenvalue weighted by Gasteiger charge is 2.17. The van der Waals surface area contributed by atoms with Gasteiger partial charge in [0, 0.05) is 19.1 Å². The lowest BCUT2D eigenvalue weighted by molar-refractivity contribution is -0.141. The third kappa shape index (κ3) is 7.11. The molecule has 0 saturated carbocycles. The van der Waals surface area contributed by atoms with Crippen LogP contribution in [0.5, 0.6) is 0 Å². The van der Waals surface area contributed by atoms with Gasteiger partial charge in [0.05, 0.1) is 5.92 Å². The molecule has 3 N–H and O–H groups in total. The summed E-state index contributed by atoms with van der Waals surface area (Å²) >= 11 is 0. The topological polar surface area (TPSA) is 81.7 Å². The molecule has 0 saturated heterocycles. The quantitative estimate of drug-likeness (QED) is 0.600. The summed E-state index contributed by atoms with van der Waals surface area (Å²) in [5.41, 5.74) is 0. The number of nitrogens with zero attached hydrogens (tertiary/aromatic N) is 1. The number of likely N-dealkylation sites (N-methyl/N-ethyl adjacent to an activating group) is 1. The predicted octanol–water partition coefficient (Wildman–Crippen LogP) is 0.737. The van der Waals surface area contributed by atoms with Gasteiger partial charge in [-0.25, -0.2) is 4.79 Å². The molecule has 18 heavy (non-hydrogen) atoms. The van der Waals surface area contributed by atoms with Crippen LogP contribution in [0.3, 0.4) is 0 Å². The maximum absolute atomic E-state index is 11.5. The first-order valence-electron chi connectivity index (χ1n) is 6.29. The molecule has 0 bridgehead atoms. The molecule has 6 heteroatoms. The standard InChI is InChI=1S/C12H25N3O3/c1-5-6-10(11(16)17)8-14-12(18)13-7-9(2)15(3)4/h9-10H,5-8H2,1-4H3,(H,16,17)(H2,13,14,18). The van der Waals surface area contributed by atoms with Crippen molar-refractivity contribution in [3.8, 4) is 0 Å². The Morgan fingerprint density at radius 3 is 2.22 bits per heavy atom. The lowest BCUT2D eigenvalue weighted by atomic mass is 10.0. The van der Waals surface area contributed by atoms with E-state index in [2.05, 4.69) is 10.6 Å². The number of hydrogen-bond acceptors (Lipinski definition) is 3. The lowest BCUT2D eigenvalue weighted by Crippen LogP contribution is -2.44. The summed E-state index contributed by atoms with van der Waals surface area (Å²) in [6.45, 7) is 4.63. The second-order valence-electron chi connectivity index (χ2n) is 4.73. The van der Waals surface area contributed by atoms with E-state index in [0.29, 0.717) is 13.0 Å². The summed E-state index contributed by atoms with van der Waals surface area (Å²) < 4.78 is 0. The lowest BCUT2D eigenvalue weighted by Gasteiger charge is -2.20. The van der Waals surface area contributed by atoms with Gasteiger partial charge in [0.15, 0.2) is 0 Å². The fraction of sp³-hybridized carbons (Fsp3) is 0.833. The molecule has 0 aliphatic carbocycles. The van der Waals surface area contributed by atoms with E-state index in [9.17, 15) is 9.59 Å². The number of carbonyl (C=O) groups excluding carboxylic acids is 1. The SMILES string of the molecule is CCCC(CNC(=O)NCC(C)N(C)C)C(=O)O. The van der Waals surface area contributed by atoms with Gasteiger partial charge in [-0.15, -0.1) is 0 Å². The van der Waals surface area contributed by atoms with Gasteiger partial charge in [-0.1, -0.05) is 13.3 Å². The van der Waals surface area contributed by atoms with Crippen LogP contribution in [0, 0.1) is 5.92 Å².